The van der Waals surface area contributed by atoms with Crippen LogP contribution in [0.3, 0.4) is 0 Å². The number of thiophene rings is 1. The minimum atomic E-state index is -0.0361. The molecule has 0 saturated carbocycles. The molecule has 1 N–H and O–H groups in total. The number of hydrogen-bond donors (Lipinski definition) is 1. The first kappa shape index (κ1) is 21.4. The third-order valence-corrected chi connectivity index (χ3v) is 6.70. The lowest BCUT2D eigenvalue weighted by atomic mass is 10.1. The van der Waals surface area contributed by atoms with E-state index in [1.165, 1.54) is 17.0 Å². The lowest BCUT2D eigenvalue weighted by Crippen LogP contribution is -2.29. The number of amides is 1. The van der Waals surface area contributed by atoms with E-state index in [1.807, 2.05) is 60.3 Å². The van der Waals surface area contributed by atoms with Gasteiger partial charge in [-0.1, -0.05) is 41.9 Å². The maximum absolute atomic E-state index is 12.7. The van der Waals surface area contributed by atoms with Crippen molar-refractivity contribution in [2.24, 2.45) is 7.05 Å². The van der Waals surface area contributed by atoms with Crippen LogP contribution in [0, 0.1) is 0 Å². The van der Waals surface area contributed by atoms with Gasteiger partial charge in [-0.05, 0) is 43.7 Å². The van der Waals surface area contributed by atoms with Crippen LogP contribution in [0.15, 0.2) is 60.7 Å². The maximum Gasteiger partial charge on any atom is 0.261 e. The number of aromatic nitrogens is 2. The van der Waals surface area contributed by atoms with Gasteiger partial charge in [-0.15, -0.1) is 11.3 Å². The zero-order chi connectivity index (χ0) is 21.8. The minimum Gasteiger partial charge on any atom is -0.372 e. The van der Waals surface area contributed by atoms with Crippen LogP contribution in [0.25, 0.3) is 21.5 Å². The van der Waals surface area contributed by atoms with E-state index in [9.17, 15) is 4.79 Å². The van der Waals surface area contributed by atoms with Gasteiger partial charge < -0.3 is 10.2 Å². The summed E-state index contributed by atoms with van der Waals surface area (Å²) in [5.41, 5.74) is 3.06. The van der Waals surface area contributed by atoms with Crippen molar-refractivity contribution in [2.45, 2.75) is 13.3 Å². The summed E-state index contributed by atoms with van der Waals surface area (Å²) in [5, 5.41) is 9.37. The van der Waals surface area contributed by atoms with Crippen LogP contribution in [-0.2, 0) is 7.05 Å². The van der Waals surface area contributed by atoms with Gasteiger partial charge in [-0.3, -0.25) is 9.48 Å². The zero-order valence-electron chi connectivity index (χ0n) is 17.6. The molecule has 5 nitrogen and oxygen atoms in total. The monoisotopic (exact) mass is 452 g/mol. The molecule has 0 atom stereocenters. The number of carbonyl (C=O) groups excluding carboxylic acids is 1. The van der Waals surface area contributed by atoms with Gasteiger partial charge in [0.15, 0.2) is 0 Å². The quantitative estimate of drug-likeness (QED) is 0.354. The fraction of sp³-hybridized carbons (Fsp3) is 0.250. The number of nitrogens with zero attached hydrogens (tertiary/aromatic N) is 3. The highest BCUT2D eigenvalue weighted by atomic mass is 35.5. The average Bonchev–Trinajstić information content (AvgIpc) is 3.36. The Morgan fingerprint density at radius 1 is 1.16 bits per heavy atom. The van der Waals surface area contributed by atoms with E-state index < -0.39 is 0 Å². The first-order valence-electron chi connectivity index (χ1n) is 10.4. The van der Waals surface area contributed by atoms with Gasteiger partial charge >= 0.3 is 0 Å². The summed E-state index contributed by atoms with van der Waals surface area (Å²) in [4.78, 5) is 16.7. The van der Waals surface area contributed by atoms with E-state index in [0.29, 0.717) is 16.4 Å². The summed E-state index contributed by atoms with van der Waals surface area (Å²) in [6.45, 7) is 4.63. The highest BCUT2D eigenvalue weighted by Crippen LogP contribution is 2.34. The van der Waals surface area contributed by atoms with Gasteiger partial charge in [0.2, 0.25) is 0 Å². The van der Waals surface area contributed by atoms with Gasteiger partial charge in [0.05, 0.1) is 4.88 Å². The van der Waals surface area contributed by atoms with Gasteiger partial charge in [0, 0.05) is 48.3 Å². The van der Waals surface area contributed by atoms with Gasteiger partial charge in [-0.2, -0.15) is 5.10 Å². The largest absolute Gasteiger partial charge is 0.372 e. The predicted molar refractivity (Wildman–Crippen MR) is 130 cm³/mol. The molecule has 31 heavy (non-hydrogen) atoms. The van der Waals surface area contributed by atoms with Crippen molar-refractivity contribution in [2.75, 3.05) is 24.5 Å². The number of aryl methyl sites for hydroxylation is 1. The molecule has 1 amide bonds. The van der Waals surface area contributed by atoms with Crippen molar-refractivity contribution in [3.8, 4) is 11.3 Å². The van der Waals surface area contributed by atoms with Crippen LogP contribution in [0.4, 0.5) is 5.69 Å². The molecule has 4 aromatic rings. The number of fused-ring (bicyclic) bond motifs is 1. The Morgan fingerprint density at radius 2 is 1.90 bits per heavy atom. The maximum atomic E-state index is 12.7. The van der Waals surface area contributed by atoms with Crippen LogP contribution >= 0.6 is 22.9 Å². The van der Waals surface area contributed by atoms with Crippen molar-refractivity contribution in [1.82, 2.24) is 15.1 Å². The number of nitrogens with one attached hydrogen (secondary N) is 1. The van der Waals surface area contributed by atoms with Gasteiger partial charge in [0.25, 0.3) is 5.91 Å². The van der Waals surface area contributed by atoms with Crippen molar-refractivity contribution < 1.29 is 4.79 Å². The Bertz CT molecular complexity index is 1170. The molecule has 0 saturated heterocycles. The topological polar surface area (TPSA) is 50.2 Å². The highest BCUT2D eigenvalue weighted by Gasteiger charge is 2.18. The van der Waals surface area contributed by atoms with E-state index in [1.54, 1.807) is 0 Å². The van der Waals surface area contributed by atoms with Crippen molar-refractivity contribution in [3.05, 3.63) is 70.6 Å². The molecule has 0 aliphatic carbocycles. The number of benzene rings is 2. The number of hydrogen-bond acceptors (Lipinski definition) is 4. The summed E-state index contributed by atoms with van der Waals surface area (Å²) in [6, 6.07) is 19.9. The average molecular weight is 453 g/mol. The standard InChI is InChI=1S/C24H25ClN4OS/c1-3-29(19-8-5-4-6-9-19)15-7-14-26-23(30)21-16-20-22(27-28(2)24(20)31-21)17-10-12-18(25)13-11-17/h4-6,8-13,16H,3,7,14-15H2,1-2H3,(H,26,30). The summed E-state index contributed by atoms with van der Waals surface area (Å²) >= 11 is 7.48. The molecule has 0 aliphatic rings. The second kappa shape index (κ2) is 9.54. The number of carbonyl (C=O) groups is 1. The molecule has 0 aliphatic heterocycles. The molecule has 7 heteroatoms. The molecule has 2 aromatic heterocycles. The zero-order valence-corrected chi connectivity index (χ0v) is 19.2. The minimum absolute atomic E-state index is 0.0361. The first-order chi connectivity index (χ1) is 15.1. The fourth-order valence-corrected chi connectivity index (χ4v) is 4.76. The number of anilines is 1. The molecule has 2 heterocycles. The van der Waals surface area contributed by atoms with Crippen molar-refractivity contribution >= 4 is 44.7 Å². The van der Waals surface area contributed by atoms with Crippen LogP contribution < -0.4 is 10.2 Å². The smallest absolute Gasteiger partial charge is 0.261 e. The molecule has 0 radical (unpaired) electrons. The molecule has 0 spiro atoms. The Hall–Kier alpha value is -2.83. The predicted octanol–water partition coefficient (Wildman–Crippen LogP) is 5.60. The number of halogens is 1. The SMILES string of the molecule is CCN(CCCNC(=O)c1cc2c(-c3ccc(Cl)cc3)nn(C)c2s1)c1ccccc1. The third kappa shape index (κ3) is 4.75. The van der Waals surface area contributed by atoms with E-state index in [0.717, 1.165) is 41.0 Å². The van der Waals surface area contributed by atoms with Crippen molar-refractivity contribution in [1.29, 1.82) is 0 Å². The van der Waals surface area contributed by atoms with E-state index >= 15 is 0 Å². The molecule has 0 bridgehead atoms. The lowest BCUT2D eigenvalue weighted by Gasteiger charge is -2.23. The molecule has 0 unspecified atom stereocenters. The van der Waals surface area contributed by atoms with E-state index in [4.69, 9.17) is 11.6 Å². The summed E-state index contributed by atoms with van der Waals surface area (Å²) < 4.78 is 1.83. The summed E-state index contributed by atoms with van der Waals surface area (Å²) in [5.74, 6) is -0.0361. The molecule has 160 valence electrons. The molecule has 0 fully saturated rings. The van der Waals surface area contributed by atoms with E-state index in [-0.39, 0.29) is 5.91 Å². The van der Waals surface area contributed by atoms with Crippen LogP contribution in [0.1, 0.15) is 23.0 Å². The van der Waals surface area contributed by atoms with Crippen LogP contribution in [0.5, 0.6) is 0 Å². The lowest BCUT2D eigenvalue weighted by molar-refractivity contribution is 0.0957. The molecular formula is C24H25ClN4OS. The Kier molecular flexibility index (Phi) is 6.59. The second-order valence-electron chi connectivity index (χ2n) is 7.33. The van der Waals surface area contributed by atoms with Gasteiger partial charge in [0.1, 0.15) is 10.5 Å². The number of rotatable bonds is 8. The van der Waals surface area contributed by atoms with Crippen molar-refractivity contribution in [3.63, 3.8) is 0 Å². The summed E-state index contributed by atoms with van der Waals surface area (Å²) in [6.07, 6.45) is 0.886. The van der Waals surface area contributed by atoms with Crippen LogP contribution in [-0.4, -0.2) is 35.3 Å². The Labute approximate surface area is 191 Å². The number of para-hydroxylation sites is 1. The molecule has 2 aromatic carbocycles. The first-order valence-corrected chi connectivity index (χ1v) is 11.6. The Balaban J connectivity index is 1.40. The van der Waals surface area contributed by atoms with Crippen LogP contribution in [0.2, 0.25) is 5.02 Å². The molecule has 4 rings (SSSR count). The normalized spacial score (nSPS) is 11.1. The second-order valence-corrected chi connectivity index (χ2v) is 8.80. The fourth-order valence-electron chi connectivity index (χ4n) is 3.64. The summed E-state index contributed by atoms with van der Waals surface area (Å²) in [7, 11) is 1.91. The third-order valence-electron chi connectivity index (χ3n) is 5.25. The van der Waals surface area contributed by atoms with Gasteiger partial charge in [-0.25, -0.2) is 0 Å². The Morgan fingerprint density at radius 3 is 2.61 bits per heavy atom. The molecular weight excluding hydrogens is 428 g/mol. The highest BCUT2D eigenvalue weighted by molar-refractivity contribution is 7.20. The van der Waals surface area contributed by atoms with E-state index in [2.05, 4.69) is 34.4 Å².